The predicted octanol–water partition coefficient (Wildman–Crippen LogP) is 4.07. The van der Waals surface area contributed by atoms with E-state index in [2.05, 4.69) is 10.2 Å². The Hall–Kier alpha value is -2.86. The van der Waals surface area contributed by atoms with Gasteiger partial charge >= 0.3 is 0 Å². The van der Waals surface area contributed by atoms with Crippen LogP contribution in [0.1, 0.15) is 11.1 Å². The molecule has 0 saturated heterocycles. The number of fused-ring (bicyclic) bond motifs is 1. The first kappa shape index (κ1) is 20.9. The van der Waals surface area contributed by atoms with Gasteiger partial charge in [-0.2, -0.15) is 21.9 Å². The van der Waals surface area contributed by atoms with Crippen LogP contribution in [0.3, 0.4) is 0 Å². The number of aryl methyl sites for hydroxylation is 2. The van der Waals surface area contributed by atoms with Gasteiger partial charge in [-0.05, 0) is 49.1 Å². The summed E-state index contributed by atoms with van der Waals surface area (Å²) in [5.74, 6) is -0.840. The summed E-state index contributed by atoms with van der Waals surface area (Å²) in [5.41, 5.74) is 1.98. The minimum atomic E-state index is -4.86. The lowest BCUT2D eigenvalue weighted by Gasteiger charge is -2.10. The van der Waals surface area contributed by atoms with Gasteiger partial charge < -0.3 is 5.11 Å². The van der Waals surface area contributed by atoms with E-state index in [1.807, 2.05) is 13.0 Å². The molecule has 3 rings (SSSR count). The van der Waals surface area contributed by atoms with E-state index >= 15 is 0 Å². The van der Waals surface area contributed by atoms with Crippen molar-refractivity contribution in [2.45, 2.75) is 23.6 Å². The van der Waals surface area contributed by atoms with Crippen molar-refractivity contribution in [3.05, 3.63) is 53.6 Å². The Balaban J connectivity index is 2.31. The molecule has 152 valence electrons. The number of hydrogen-bond acceptors (Lipinski definition) is 7. The standard InChI is InChI=1S/C18H16N2O7S2/c1-10-3-6-15(11(2)7-10)19-20-17-14-5-4-13(28(22,23)24)8-12(14)9-16(18(17)21)29(25,26)27/h3-9,21H,1-2H3,(H,22,23,24)(H,25,26,27)/b20-19+. The molecule has 0 atom stereocenters. The van der Waals surface area contributed by atoms with Crippen LogP contribution in [0.25, 0.3) is 10.8 Å². The molecule has 0 aromatic heterocycles. The topological polar surface area (TPSA) is 154 Å². The van der Waals surface area contributed by atoms with Gasteiger partial charge in [0.05, 0.1) is 10.6 Å². The summed E-state index contributed by atoms with van der Waals surface area (Å²) in [7, 11) is -9.42. The molecule has 3 N–H and O–H groups in total. The van der Waals surface area contributed by atoms with Crippen molar-refractivity contribution < 1.29 is 31.0 Å². The lowest BCUT2D eigenvalue weighted by molar-refractivity contribution is 0.445. The van der Waals surface area contributed by atoms with Crippen molar-refractivity contribution in [2.24, 2.45) is 10.2 Å². The molecule has 11 heteroatoms. The number of hydrogen-bond donors (Lipinski definition) is 3. The highest BCUT2D eigenvalue weighted by Gasteiger charge is 2.23. The maximum absolute atomic E-state index is 11.7. The third-order valence-corrected chi connectivity index (χ3v) is 5.92. The first-order chi connectivity index (χ1) is 13.4. The Kier molecular flexibility index (Phi) is 5.17. The zero-order valence-corrected chi connectivity index (χ0v) is 16.9. The van der Waals surface area contributed by atoms with Gasteiger partial charge in [-0.1, -0.05) is 23.8 Å². The van der Waals surface area contributed by atoms with Crippen LogP contribution in [0, 0.1) is 13.8 Å². The summed E-state index contributed by atoms with van der Waals surface area (Å²) in [4.78, 5) is -1.36. The lowest BCUT2D eigenvalue weighted by Crippen LogP contribution is -2.00. The fraction of sp³-hybridized carbons (Fsp3) is 0.111. The van der Waals surface area contributed by atoms with Crippen molar-refractivity contribution >= 4 is 42.4 Å². The highest BCUT2D eigenvalue weighted by Crippen LogP contribution is 2.42. The van der Waals surface area contributed by atoms with Crippen LogP contribution in [-0.2, 0) is 20.2 Å². The monoisotopic (exact) mass is 436 g/mol. The molecule has 0 heterocycles. The van der Waals surface area contributed by atoms with Gasteiger partial charge in [0, 0.05) is 5.39 Å². The number of rotatable bonds is 4. The van der Waals surface area contributed by atoms with E-state index in [-0.39, 0.29) is 16.5 Å². The predicted molar refractivity (Wildman–Crippen MR) is 105 cm³/mol. The zero-order valence-electron chi connectivity index (χ0n) is 15.2. The minimum absolute atomic E-state index is 0.000119. The van der Waals surface area contributed by atoms with E-state index in [9.17, 15) is 31.0 Å². The maximum atomic E-state index is 11.7. The van der Waals surface area contributed by atoms with E-state index in [1.54, 1.807) is 19.1 Å². The lowest BCUT2D eigenvalue weighted by atomic mass is 10.1. The fourth-order valence-electron chi connectivity index (χ4n) is 2.81. The average Bonchev–Trinajstić information content (AvgIpc) is 2.59. The summed E-state index contributed by atoms with van der Waals surface area (Å²) in [6.45, 7) is 3.70. The second-order valence-electron chi connectivity index (χ2n) is 6.39. The van der Waals surface area contributed by atoms with Gasteiger partial charge in [0.2, 0.25) is 0 Å². The highest BCUT2D eigenvalue weighted by molar-refractivity contribution is 7.86. The Morgan fingerprint density at radius 3 is 2.10 bits per heavy atom. The van der Waals surface area contributed by atoms with Crippen LogP contribution in [0.2, 0.25) is 0 Å². The molecule has 3 aromatic carbocycles. The van der Waals surface area contributed by atoms with E-state index in [0.29, 0.717) is 5.69 Å². The molecule has 0 fully saturated rings. The van der Waals surface area contributed by atoms with Crippen LogP contribution in [0.4, 0.5) is 11.4 Å². The van der Waals surface area contributed by atoms with E-state index in [1.165, 1.54) is 6.07 Å². The van der Waals surface area contributed by atoms with Crippen LogP contribution in [-0.4, -0.2) is 31.0 Å². The van der Waals surface area contributed by atoms with Crippen molar-refractivity contribution in [3.63, 3.8) is 0 Å². The third kappa shape index (κ3) is 4.27. The number of aromatic hydroxyl groups is 1. The molecular formula is C18H16N2O7S2. The fourth-order valence-corrected chi connectivity index (χ4v) is 3.94. The molecule has 0 amide bonds. The highest BCUT2D eigenvalue weighted by atomic mass is 32.2. The van der Waals surface area contributed by atoms with Gasteiger partial charge in [-0.3, -0.25) is 9.11 Å². The second kappa shape index (κ2) is 7.19. The van der Waals surface area contributed by atoms with E-state index < -0.39 is 35.8 Å². The van der Waals surface area contributed by atoms with Crippen molar-refractivity contribution in [1.82, 2.24) is 0 Å². The SMILES string of the molecule is Cc1ccc(/N=N/c2c(O)c(S(=O)(=O)O)cc3cc(S(=O)(=O)O)ccc23)c(C)c1. The average molecular weight is 436 g/mol. The number of benzene rings is 3. The van der Waals surface area contributed by atoms with Crippen LogP contribution < -0.4 is 0 Å². The van der Waals surface area contributed by atoms with Crippen LogP contribution in [0.5, 0.6) is 5.75 Å². The Morgan fingerprint density at radius 2 is 1.52 bits per heavy atom. The normalized spacial score (nSPS) is 12.7. The maximum Gasteiger partial charge on any atom is 0.298 e. The smallest absolute Gasteiger partial charge is 0.298 e. The molecule has 0 saturated carbocycles. The van der Waals surface area contributed by atoms with Crippen LogP contribution >= 0.6 is 0 Å². The van der Waals surface area contributed by atoms with Crippen molar-refractivity contribution in [2.75, 3.05) is 0 Å². The second-order valence-corrected chi connectivity index (χ2v) is 9.21. The number of phenols is 1. The van der Waals surface area contributed by atoms with E-state index in [4.69, 9.17) is 0 Å². The molecule has 0 aliphatic rings. The summed E-state index contributed by atoms with van der Waals surface area (Å²) in [5, 5.41) is 18.5. The first-order valence-electron chi connectivity index (χ1n) is 8.11. The summed E-state index contributed by atoms with van der Waals surface area (Å²) >= 11 is 0. The molecular weight excluding hydrogens is 420 g/mol. The number of nitrogens with zero attached hydrogens (tertiary/aromatic N) is 2. The molecule has 0 spiro atoms. The molecule has 29 heavy (non-hydrogen) atoms. The molecule has 9 nitrogen and oxygen atoms in total. The Labute approximate surface area is 166 Å². The molecule has 0 bridgehead atoms. The Morgan fingerprint density at radius 1 is 0.828 bits per heavy atom. The Bertz CT molecular complexity index is 1380. The van der Waals surface area contributed by atoms with Gasteiger partial charge in [0.25, 0.3) is 20.2 Å². The van der Waals surface area contributed by atoms with E-state index in [0.717, 1.165) is 29.3 Å². The van der Waals surface area contributed by atoms with Gasteiger partial charge in [-0.15, -0.1) is 5.11 Å². The summed E-state index contributed by atoms with van der Waals surface area (Å²) in [6, 6.07) is 9.53. The van der Waals surface area contributed by atoms with Gasteiger partial charge in [0.15, 0.2) is 5.75 Å². The quantitative estimate of drug-likeness (QED) is 0.411. The largest absolute Gasteiger partial charge is 0.504 e. The van der Waals surface area contributed by atoms with Gasteiger partial charge in [-0.25, -0.2) is 0 Å². The van der Waals surface area contributed by atoms with Gasteiger partial charge in [0.1, 0.15) is 10.6 Å². The number of azo groups is 1. The van der Waals surface area contributed by atoms with Crippen molar-refractivity contribution in [3.8, 4) is 5.75 Å². The molecule has 0 aliphatic heterocycles. The summed E-state index contributed by atoms with van der Waals surface area (Å²) < 4.78 is 64.7. The minimum Gasteiger partial charge on any atom is -0.504 e. The molecule has 0 unspecified atom stereocenters. The zero-order chi connectivity index (χ0) is 21.6. The molecule has 0 aliphatic carbocycles. The van der Waals surface area contributed by atoms with Crippen LogP contribution in [0.15, 0.2) is 62.5 Å². The summed E-state index contributed by atoms with van der Waals surface area (Å²) in [6.07, 6.45) is 0. The first-order valence-corrected chi connectivity index (χ1v) is 11.0. The number of phenolic OH excluding ortho intramolecular Hbond substituents is 1. The van der Waals surface area contributed by atoms with Crippen molar-refractivity contribution in [1.29, 1.82) is 0 Å². The third-order valence-electron chi connectivity index (χ3n) is 4.21. The molecule has 3 aromatic rings. The molecule has 0 radical (unpaired) electrons.